The first-order chi connectivity index (χ1) is 16.8. The summed E-state index contributed by atoms with van der Waals surface area (Å²) in [5, 5.41) is 17.5. The van der Waals surface area contributed by atoms with Crippen LogP contribution in [-0.4, -0.2) is 27.3 Å². The van der Waals surface area contributed by atoms with E-state index >= 15 is 0 Å². The normalized spacial score (nSPS) is 10.7. The van der Waals surface area contributed by atoms with E-state index in [-0.39, 0.29) is 11.7 Å². The molecular formula is C27H23Cl2N3O3. The Bertz CT molecular complexity index is 1340. The van der Waals surface area contributed by atoms with E-state index in [1.807, 2.05) is 37.4 Å². The van der Waals surface area contributed by atoms with Crippen LogP contribution in [0.1, 0.15) is 22.3 Å². The van der Waals surface area contributed by atoms with Crippen LogP contribution in [0.2, 0.25) is 10.0 Å². The largest absolute Gasteiger partial charge is 0.513 e. The standard InChI is InChI=1S/C27H23Cl2N3O3/c1-17-3-5-19(6-4-17)25-16-32(23-14-21(28)13-22(29)15-23)31-27(25)35-24-9-7-20(8-10-24)26(34)30-12-11-18(2)33/h3-10,13-16,33H,2,11-12H2,1H3,(H,30,34). The second kappa shape index (κ2) is 10.7. The molecule has 0 aliphatic heterocycles. The van der Waals surface area contributed by atoms with E-state index in [2.05, 4.69) is 17.0 Å². The highest BCUT2D eigenvalue weighted by Crippen LogP contribution is 2.34. The van der Waals surface area contributed by atoms with E-state index in [9.17, 15) is 4.79 Å². The zero-order chi connectivity index (χ0) is 24.9. The predicted molar refractivity (Wildman–Crippen MR) is 139 cm³/mol. The number of amides is 1. The van der Waals surface area contributed by atoms with E-state index in [0.717, 1.165) is 16.7 Å². The van der Waals surface area contributed by atoms with Crippen molar-refractivity contribution in [3.8, 4) is 28.4 Å². The molecule has 0 aliphatic rings. The maximum Gasteiger partial charge on any atom is 0.251 e. The molecule has 1 amide bonds. The van der Waals surface area contributed by atoms with Crippen molar-refractivity contribution in [3.63, 3.8) is 0 Å². The minimum atomic E-state index is -0.250. The van der Waals surface area contributed by atoms with Crippen LogP contribution in [-0.2, 0) is 0 Å². The Hall–Kier alpha value is -3.74. The number of aryl methyl sites for hydroxylation is 1. The molecule has 0 saturated heterocycles. The Labute approximate surface area is 213 Å². The molecule has 8 heteroatoms. The average Bonchev–Trinajstić information content (AvgIpc) is 3.23. The van der Waals surface area contributed by atoms with E-state index < -0.39 is 0 Å². The van der Waals surface area contributed by atoms with Crippen LogP contribution in [0.3, 0.4) is 0 Å². The number of aliphatic hydroxyl groups is 1. The molecule has 0 aliphatic carbocycles. The molecule has 35 heavy (non-hydrogen) atoms. The molecule has 1 heterocycles. The van der Waals surface area contributed by atoms with Gasteiger partial charge in [0.1, 0.15) is 5.75 Å². The van der Waals surface area contributed by atoms with Gasteiger partial charge in [-0.2, -0.15) is 0 Å². The smallest absolute Gasteiger partial charge is 0.251 e. The molecule has 0 unspecified atom stereocenters. The van der Waals surface area contributed by atoms with E-state index in [0.29, 0.717) is 45.9 Å². The SMILES string of the molecule is C=C(O)CCNC(=O)c1ccc(Oc2nn(-c3cc(Cl)cc(Cl)c3)cc2-c2ccc(C)cc2)cc1. The highest BCUT2D eigenvalue weighted by Gasteiger charge is 2.16. The Balaban J connectivity index is 1.62. The van der Waals surface area contributed by atoms with Gasteiger partial charge in [0.25, 0.3) is 5.91 Å². The second-order valence-corrected chi connectivity index (χ2v) is 8.86. The highest BCUT2D eigenvalue weighted by atomic mass is 35.5. The van der Waals surface area contributed by atoms with E-state index in [1.165, 1.54) is 0 Å². The van der Waals surface area contributed by atoms with Crippen molar-refractivity contribution < 1.29 is 14.6 Å². The fourth-order valence-electron chi connectivity index (χ4n) is 3.38. The molecule has 0 saturated carbocycles. The van der Waals surface area contributed by atoms with Gasteiger partial charge in [-0.3, -0.25) is 4.79 Å². The van der Waals surface area contributed by atoms with Gasteiger partial charge in [-0.25, -0.2) is 4.68 Å². The van der Waals surface area contributed by atoms with Gasteiger partial charge in [-0.15, -0.1) is 5.10 Å². The van der Waals surface area contributed by atoms with Gasteiger partial charge in [-0.05, 0) is 55.0 Å². The number of nitrogens with zero attached hydrogens (tertiary/aromatic N) is 2. The highest BCUT2D eigenvalue weighted by molar-refractivity contribution is 6.34. The third kappa shape index (κ3) is 6.23. The molecule has 2 N–H and O–H groups in total. The van der Waals surface area contributed by atoms with Gasteiger partial charge in [0.2, 0.25) is 5.88 Å². The predicted octanol–water partition coefficient (Wildman–Crippen LogP) is 7.14. The summed E-state index contributed by atoms with van der Waals surface area (Å²) in [6, 6.07) is 20.0. The summed E-state index contributed by atoms with van der Waals surface area (Å²) in [5.74, 6) is 0.690. The molecule has 0 spiro atoms. The van der Waals surface area contributed by atoms with Crippen LogP contribution in [0.5, 0.6) is 11.6 Å². The first kappa shape index (κ1) is 24.4. The van der Waals surface area contributed by atoms with Gasteiger partial charge < -0.3 is 15.2 Å². The minimum absolute atomic E-state index is 0.0258. The average molecular weight is 508 g/mol. The van der Waals surface area contributed by atoms with E-state index in [4.69, 9.17) is 33.0 Å². The number of ether oxygens (including phenoxy) is 1. The van der Waals surface area contributed by atoms with Crippen LogP contribution < -0.4 is 10.1 Å². The molecule has 4 aromatic rings. The molecule has 1 aromatic heterocycles. The molecule has 178 valence electrons. The van der Waals surface area contributed by atoms with Crippen LogP contribution in [0, 0.1) is 6.92 Å². The van der Waals surface area contributed by atoms with E-state index in [1.54, 1.807) is 47.1 Å². The molecular weight excluding hydrogens is 485 g/mol. The van der Waals surface area contributed by atoms with Gasteiger partial charge in [0.05, 0.1) is 17.0 Å². The number of hydrogen-bond acceptors (Lipinski definition) is 4. The van der Waals surface area contributed by atoms with Crippen LogP contribution in [0.25, 0.3) is 16.8 Å². The molecule has 0 atom stereocenters. The van der Waals surface area contributed by atoms with Crippen molar-refractivity contribution in [1.82, 2.24) is 15.1 Å². The summed E-state index contributed by atoms with van der Waals surface area (Å²) in [4.78, 5) is 12.3. The summed E-state index contributed by atoms with van der Waals surface area (Å²) in [6.45, 7) is 5.73. The van der Waals surface area contributed by atoms with Crippen molar-refractivity contribution in [1.29, 1.82) is 0 Å². The fourth-order valence-corrected chi connectivity index (χ4v) is 3.89. The quantitative estimate of drug-likeness (QED) is 0.248. The van der Waals surface area contributed by atoms with Crippen molar-refractivity contribution in [3.05, 3.63) is 106 Å². The number of halogens is 2. The first-order valence-electron chi connectivity index (χ1n) is 10.8. The second-order valence-electron chi connectivity index (χ2n) is 7.98. The number of nitrogens with one attached hydrogen (secondary N) is 1. The lowest BCUT2D eigenvalue weighted by molar-refractivity contribution is 0.0953. The number of rotatable bonds is 8. The Morgan fingerprint density at radius 2 is 1.71 bits per heavy atom. The molecule has 0 fully saturated rings. The lowest BCUT2D eigenvalue weighted by atomic mass is 10.1. The van der Waals surface area contributed by atoms with Crippen LogP contribution in [0.4, 0.5) is 0 Å². The summed E-state index contributed by atoms with van der Waals surface area (Å²) >= 11 is 12.4. The molecule has 0 bridgehead atoms. The van der Waals surface area contributed by atoms with Gasteiger partial charge in [0, 0.05) is 34.8 Å². The van der Waals surface area contributed by atoms with Crippen LogP contribution >= 0.6 is 23.2 Å². The maximum absolute atomic E-state index is 12.3. The first-order valence-corrected chi connectivity index (χ1v) is 11.6. The summed E-state index contributed by atoms with van der Waals surface area (Å²) in [6.07, 6.45) is 2.16. The molecule has 6 nitrogen and oxygen atoms in total. The third-order valence-electron chi connectivity index (χ3n) is 5.18. The minimum Gasteiger partial charge on any atom is -0.513 e. The number of benzene rings is 3. The lowest BCUT2D eigenvalue weighted by Gasteiger charge is -2.08. The summed E-state index contributed by atoms with van der Waals surface area (Å²) in [7, 11) is 0. The number of aromatic nitrogens is 2. The fraction of sp³-hybridized carbons (Fsp3) is 0.111. The Kier molecular flexibility index (Phi) is 7.44. The van der Waals surface area contributed by atoms with Crippen molar-refractivity contribution in [2.24, 2.45) is 0 Å². The van der Waals surface area contributed by atoms with Gasteiger partial charge >= 0.3 is 0 Å². The maximum atomic E-state index is 12.3. The summed E-state index contributed by atoms with van der Waals surface area (Å²) in [5.41, 5.74) is 4.03. The van der Waals surface area contributed by atoms with Crippen LogP contribution in [0.15, 0.2) is 85.3 Å². The number of hydrogen-bond donors (Lipinski definition) is 2. The molecule has 4 rings (SSSR count). The number of carbonyl (C=O) groups is 1. The van der Waals surface area contributed by atoms with Crippen molar-refractivity contribution in [2.75, 3.05) is 6.54 Å². The van der Waals surface area contributed by atoms with Gasteiger partial charge in [-0.1, -0.05) is 59.6 Å². The Morgan fingerprint density at radius 1 is 1.06 bits per heavy atom. The number of carbonyl (C=O) groups excluding carboxylic acids is 1. The number of aliphatic hydroxyl groups excluding tert-OH is 1. The van der Waals surface area contributed by atoms with Crippen molar-refractivity contribution >= 4 is 29.1 Å². The topological polar surface area (TPSA) is 76.4 Å². The Morgan fingerprint density at radius 3 is 2.34 bits per heavy atom. The summed E-state index contributed by atoms with van der Waals surface area (Å²) < 4.78 is 7.80. The monoisotopic (exact) mass is 507 g/mol. The zero-order valence-corrected chi connectivity index (χ0v) is 20.5. The lowest BCUT2D eigenvalue weighted by Crippen LogP contribution is -2.24. The zero-order valence-electron chi connectivity index (χ0n) is 19.0. The van der Waals surface area contributed by atoms with Gasteiger partial charge in [0.15, 0.2) is 0 Å². The molecule has 3 aromatic carbocycles. The third-order valence-corrected chi connectivity index (χ3v) is 5.62. The van der Waals surface area contributed by atoms with Crippen molar-refractivity contribution in [2.45, 2.75) is 13.3 Å². The molecule has 0 radical (unpaired) electrons.